The third kappa shape index (κ3) is 7.62. The molecule has 2 aromatic carbocycles. The van der Waals surface area contributed by atoms with Crippen molar-refractivity contribution in [1.29, 1.82) is 0 Å². The summed E-state index contributed by atoms with van der Waals surface area (Å²) in [7, 11) is 1.51. The van der Waals surface area contributed by atoms with Gasteiger partial charge in [-0.15, -0.1) is 10.2 Å². The van der Waals surface area contributed by atoms with E-state index in [9.17, 15) is 14.4 Å². The second-order valence-corrected chi connectivity index (χ2v) is 9.87. The molecular formula is C30H33N7O8. The first-order valence-electron chi connectivity index (χ1n) is 14.3. The van der Waals surface area contributed by atoms with Gasteiger partial charge in [-0.2, -0.15) is 0 Å². The molecule has 0 spiro atoms. The number of carbonyl (C=O) groups is 3. The molecule has 45 heavy (non-hydrogen) atoms. The van der Waals surface area contributed by atoms with Crippen molar-refractivity contribution in [2.24, 2.45) is 0 Å². The fourth-order valence-corrected chi connectivity index (χ4v) is 4.72. The van der Waals surface area contributed by atoms with Crippen LogP contribution in [-0.2, 0) is 54.9 Å². The van der Waals surface area contributed by atoms with Crippen LogP contribution in [0.5, 0.6) is 11.5 Å². The quantitative estimate of drug-likeness (QED) is 0.141. The number of methoxy groups -OCH3 is 1. The lowest BCUT2D eigenvalue weighted by Gasteiger charge is -2.46. The molecule has 1 aliphatic rings. The van der Waals surface area contributed by atoms with Crippen molar-refractivity contribution in [3.05, 3.63) is 77.9 Å². The molecule has 2 atom stereocenters. The van der Waals surface area contributed by atoms with Crippen LogP contribution < -0.4 is 14.4 Å². The highest BCUT2D eigenvalue weighted by molar-refractivity contribution is 6.05. The van der Waals surface area contributed by atoms with Crippen molar-refractivity contribution in [3.8, 4) is 11.5 Å². The highest BCUT2D eigenvalue weighted by Gasteiger charge is 2.49. The summed E-state index contributed by atoms with van der Waals surface area (Å²) in [6.45, 7) is 4.35. The van der Waals surface area contributed by atoms with Crippen LogP contribution in [0.15, 0.2) is 60.9 Å². The maximum Gasteiger partial charge on any atom is 0.327 e. The summed E-state index contributed by atoms with van der Waals surface area (Å²) in [5.41, 5.74) is 2.68. The molecule has 3 heterocycles. The van der Waals surface area contributed by atoms with Gasteiger partial charge in [-0.3, -0.25) is 19.3 Å². The summed E-state index contributed by atoms with van der Waals surface area (Å²) in [5, 5.41) is 15.9. The van der Waals surface area contributed by atoms with E-state index in [0.29, 0.717) is 41.8 Å². The molecule has 1 saturated heterocycles. The van der Waals surface area contributed by atoms with Crippen LogP contribution in [0.1, 0.15) is 36.8 Å². The smallest absolute Gasteiger partial charge is 0.327 e. The molecule has 1 fully saturated rings. The average molecular weight is 620 g/mol. The Balaban J connectivity index is 1.16. The van der Waals surface area contributed by atoms with E-state index in [1.54, 1.807) is 55.4 Å². The first-order chi connectivity index (χ1) is 21.9. The van der Waals surface area contributed by atoms with Gasteiger partial charge in [0.05, 0.1) is 31.6 Å². The van der Waals surface area contributed by atoms with Crippen molar-refractivity contribution < 1.29 is 38.1 Å². The van der Waals surface area contributed by atoms with E-state index in [2.05, 4.69) is 20.6 Å². The van der Waals surface area contributed by atoms with Crippen LogP contribution in [0, 0.1) is 0 Å². The fraction of sp³-hybridized carbons (Fsp3) is 0.367. The lowest BCUT2D eigenvalue weighted by molar-refractivity contribution is -0.145. The van der Waals surface area contributed by atoms with E-state index < -0.39 is 12.1 Å². The minimum absolute atomic E-state index is 0.0215. The highest BCUT2D eigenvalue weighted by Crippen LogP contribution is 2.41. The summed E-state index contributed by atoms with van der Waals surface area (Å²) in [4.78, 5) is 37.9. The maximum atomic E-state index is 13.0. The van der Waals surface area contributed by atoms with E-state index >= 15 is 0 Å². The Morgan fingerprint density at radius 1 is 0.756 bits per heavy atom. The molecule has 15 nitrogen and oxygen atoms in total. The minimum atomic E-state index is -0.626. The number of nitrogens with zero attached hydrogens (tertiary/aromatic N) is 7. The van der Waals surface area contributed by atoms with Crippen LogP contribution in [0.2, 0.25) is 0 Å². The Hall–Kier alpha value is -5.31. The first kappa shape index (κ1) is 31.1. The van der Waals surface area contributed by atoms with Gasteiger partial charge in [0.2, 0.25) is 0 Å². The van der Waals surface area contributed by atoms with Crippen molar-refractivity contribution >= 4 is 23.5 Å². The maximum absolute atomic E-state index is 13.0. The molecule has 236 valence electrons. The lowest BCUT2D eigenvalue weighted by atomic mass is 9.89. The predicted molar refractivity (Wildman–Crippen MR) is 156 cm³/mol. The number of β-lactam (4-membered cyclic amide) rings is 1. The molecule has 0 N–H and O–H groups in total. The number of carbonyl (C=O) groups excluding carboxylic acids is 3. The van der Waals surface area contributed by atoms with Gasteiger partial charge in [-0.1, -0.05) is 22.6 Å². The number of rotatable bonds is 15. The summed E-state index contributed by atoms with van der Waals surface area (Å²) in [5.74, 6) is 0.248. The summed E-state index contributed by atoms with van der Waals surface area (Å²) >= 11 is 0. The Bertz CT molecular complexity index is 1600. The molecule has 2 aromatic heterocycles. The summed E-state index contributed by atoms with van der Waals surface area (Å²) < 4.78 is 29.8. The highest BCUT2D eigenvalue weighted by atomic mass is 16.5. The van der Waals surface area contributed by atoms with Gasteiger partial charge >= 0.3 is 11.9 Å². The largest absolute Gasteiger partial charge is 0.487 e. The van der Waals surface area contributed by atoms with E-state index in [0.717, 1.165) is 5.56 Å². The third-order valence-electron chi connectivity index (χ3n) is 6.77. The average Bonchev–Trinajstić information content (AvgIpc) is 3.68. The molecule has 5 rings (SSSR count). The molecule has 0 radical (unpaired) electrons. The number of esters is 2. The van der Waals surface area contributed by atoms with Crippen molar-refractivity contribution in [1.82, 2.24) is 30.0 Å². The van der Waals surface area contributed by atoms with Crippen LogP contribution in [-0.4, -0.2) is 74.3 Å². The summed E-state index contributed by atoms with van der Waals surface area (Å²) in [6.07, 6.45) is 2.62. The second-order valence-electron chi connectivity index (χ2n) is 9.87. The monoisotopic (exact) mass is 619 g/mol. The van der Waals surface area contributed by atoms with E-state index in [4.69, 9.17) is 23.7 Å². The van der Waals surface area contributed by atoms with Crippen LogP contribution >= 0.6 is 0 Å². The third-order valence-corrected chi connectivity index (χ3v) is 6.77. The summed E-state index contributed by atoms with van der Waals surface area (Å²) in [6, 6.07) is 14.2. The molecular weight excluding hydrogens is 586 g/mol. The van der Waals surface area contributed by atoms with Crippen molar-refractivity contribution in [3.63, 3.8) is 0 Å². The number of hydrogen-bond acceptors (Lipinski definition) is 12. The Kier molecular flexibility index (Phi) is 9.99. The van der Waals surface area contributed by atoms with E-state index in [1.165, 1.54) is 16.5 Å². The number of benzene rings is 2. The van der Waals surface area contributed by atoms with Gasteiger partial charge in [0.1, 0.15) is 49.2 Å². The van der Waals surface area contributed by atoms with Crippen molar-refractivity contribution in [2.75, 3.05) is 25.2 Å². The molecule has 0 aliphatic carbocycles. The van der Waals surface area contributed by atoms with Crippen LogP contribution in [0.4, 0.5) is 5.69 Å². The number of amides is 1. The van der Waals surface area contributed by atoms with Crippen LogP contribution in [0.3, 0.4) is 0 Å². The van der Waals surface area contributed by atoms with Crippen molar-refractivity contribution in [2.45, 2.75) is 52.3 Å². The number of aromatic nitrogens is 6. The number of ether oxygens (including phenoxy) is 5. The zero-order valence-electron chi connectivity index (χ0n) is 25.1. The van der Waals surface area contributed by atoms with Gasteiger partial charge in [0.15, 0.2) is 6.10 Å². The van der Waals surface area contributed by atoms with E-state index in [1.807, 2.05) is 24.3 Å². The second kappa shape index (κ2) is 14.4. The molecule has 0 saturated carbocycles. The normalized spacial score (nSPS) is 15.8. The standard InChI is InChI=1S/C30H33N7O8/c1-4-42-26(38)16-35-14-21(31-33-35)18-44-24-10-6-20(7-11-24)28-29(41-3)30(40)37(28)23-8-12-25(13-9-23)45-19-22-15-36(34-32-22)17-27(39)43-5-2/h6-15,28-29H,4-5,16-19H2,1-3H3. The van der Waals surface area contributed by atoms with Gasteiger partial charge in [0.25, 0.3) is 5.91 Å². The lowest BCUT2D eigenvalue weighted by Crippen LogP contribution is -2.59. The van der Waals surface area contributed by atoms with Gasteiger partial charge in [0, 0.05) is 12.8 Å². The SMILES string of the molecule is CCOC(=O)Cn1cc(COc2ccc(C3C(OC)C(=O)N3c3ccc(OCc4cn(CC(=O)OCC)nn4)cc3)cc2)nn1. The van der Waals surface area contributed by atoms with Gasteiger partial charge in [-0.05, 0) is 55.8 Å². The molecule has 15 heteroatoms. The first-order valence-corrected chi connectivity index (χ1v) is 14.3. The number of hydrogen-bond donors (Lipinski definition) is 0. The zero-order chi connectivity index (χ0) is 31.8. The molecule has 0 bridgehead atoms. The Morgan fingerprint density at radius 3 is 1.71 bits per heavy atom. The molecule has 4 aromatic rings. The van der Waals surface area contributed by atoms with Crippen LogP contribution in [0.25, 0.3) is 0 Å². The zero-order valence-corrected chi connectivity index (χ0v) is 25.1. The fourth-order valence-electron chi connectivity index (χ4n) is 4.72. The van der Waals surface area contributed by atoms with Gasteiger partial charge < -0.3 is 23.7 Å². The minimum Gasteiger partial charge on any atom is -0.487 e. The topological polar surface area (TPSA) is 162 Å². The predicted octanol–water partition coefficient (Wildman–Crippen LogP) is 2.26. The number of anilines is 1. The molecule has 1 amide bonds. The Labute approximate surface area is 258 Å². The molecule has 1 aliphatic heterocycles. The Morgan fingerprint density at radius 2 is 1.24 bits per heavy atom. The van der Waals surface area contributed by atoms with E-state index in [-0.39, 0.29) is 44.2 Å². The van der Waals surface area contributed by atoms with Gasteiger partial charge in [-0.25, -0.2) is 9.36 Å². The molecule has 2 unspecified atom stereocenters.